The summed E-state index contributed by atoms with van der Waals surface area (Å²) in [6.07, 6.45) is -0.893. The van der Waals surface area contributed by atoms with Gasteiger partial charge in [-0.1, -0.05) is 12.1 Å². The Morgan fingerprint density at radius 3 is 2.47 bits per heavy atom. The molecule has 0 saturated carbocycles. The van der Waals surface area contributed by atoms with Gasteiger partial charge in [0.1, 0.15) is 11.9 Å². The van der Waals surface area contributed by atoms with E-state index in [-0.39, 0.29) is 11.9 Å². The minimum absolute atomic E-state index is 0.0385. The minimum Gasteiger partial charge on any atom is -0.487 e. The number of carbonyl (C=O) groups is 1. The van der Waals surface area contributed by atoms with Crippen LogP contribution in [0.2, 0.25) is 0 Å². The van der Waals surface area contributed by atoms with E-state index in [9.17, 15) is 9.90 Å². The first-order valence-electron chi connectivity index (χ1n) is 4.97. The molecule has 1 N–H and O–H groups in total. The van der Waals surface area contributed by atoms with Gasteiger partial charge in [0.2, 0.25) is 0 Å². The monoisotopic (exact) mass is 208 g/mol. The second-order valence-electron chi connectivity index (χ2n) is 3.62. The third-order valence-electron chi connectivity index (χ3n) is 2.26. The van der Waals surface area contributed by atoms with Crippen molar-refractivity contribution >= 4 is 5.78 Å². The fourth-order valence-electron chi connectivity index (χ4n) is 1.16. The second-order valence-corrected chi connectivity index (χ2v) is 3.62. The maximum atomic E-state index is 11.3. The van der Waals surface area contributed by atoms with Crippen LogP contribution in [-0.4, -0.2) is 23.1 Å². The quantitative estimate of drug-likeness (QED) is 0.770. The maximum Gasteiger partial charge on any atom is 0.163 e. The molecule has 0 aromatic heterocycles. The maximum absolute atomic E-state index is 11.3. The SMILES string of the molecule is CC(=O)c1ccccc1OC(C)C(C)O. The molecule has 1 aromatic carbocycles. The molecule has 0 saturated heterocycles. The smallest absolute Gasteiger partial charge is 0.163 e. The molecule has 0 aliphatic rings. The number of para-hydroxylation sites is 1. The van der Waals surface area contributed by atoms with Gasteiger partial charge in [-0.3, -0.25) is 4.79 Å². The van der Waals surface area contributed by atoms with Crippen molar-refractivity contribution in [2.75, 3.05) is 0 Å². The molecule has 2 unspecified atom stereocenters. The van der Waals surface area contributed by atoms with Crippen LogP contribution in [0.4, 0.5) is 0 Å². The van der Waals surface area contributed by atoms with E-state index in [1.807, 2.05) is 0 Å². The average Bonchev–Trinajstić information content (AvgIpc) is 2.18. The van der Waals surface area contributed by atoms with Crippen molar-refractivity contribution in [1.29, 1.82) is 0 Å². The molecule has 0 spiro atoms. The Labute approximate surface area is 89.7 Å². The van der Waals surface area contributed by atoms with Crippen molar-refractivity contribution in [2.24, 2.45) is 0 Å². The van der Waals surface area contributed by atoms with Crippen LogP contribution in [-0.2, 0) is 0 Å². The van der Waals surface area contributed by atoms with Crippen LogP contribution >= 0.6 is 0 Å². The Hall–Kier alpha value is -1.35. The van der Waals surface area contributed by atoms with E-state index in [1.54, 1.807) is 38.1 Å². The Balaban J connectivity index is 2.89. The number of rotatable bonds is 4. The highest BCUT2D eigenvalue weighted by atomic mass is 16.5. The highest BCUT2D eigenvalue weighted by Crippen LogP contribution is 2.20. The number of benzene rings is 1. The summed E-state index contributed by atoms with van der Waals surface area (Å²) in [7, 11) is 0. The zero-order chi connectivity index (χ0) is 11.4. The standard InChI is InChI=1S/C12H16O3/c1-8(13)10(3)15-12-7-5-4-6-11(12)9(2)14/h4-8,10,13H,1-3H3. The summed E-state index contributed by atoms with van der Waals surface area (Å²) in [4.78, 5) is 11.3. The molecule has 15 heavy (non-hydrogen) atoms. The van der Waals surface area contributed by atoms with Crippen LogP contribution < -0.4 is 4.74 Å². The third-order valence-corrected chi connectivity index (χ3v) is 2.26. The summed E-state index contributed by atoms with van der Waals surface area (Å²) < 4.78 is 5.50. The number of carbonyl (C=O) groups excluding carboxylic acids is 1. The van der Waals surface area contributed by atoms with Gasteiger partial charge < -0.3 is 9.84 Å². The van der Waals surface area contributed by atoms with E-state index in [4.69, 9.17) is 4.74 Å². The topological polar surface area (TPSA) is 46.5 Å². The normalized spacial score (nSPS) is 14.4. The predicted molar refractivity (Wildman–Crippen MR) is 58.2 cm³/mol. The Morgan fingerprint density at radius 2 is 1.93 bits per heavy atom. The molecule has 1 aromatic rings. The molecule has 0 amide bonds. The molecule has 0 aliphatic heterocycles. The summed E-state index contributed by atoms with van der Waals surface area (Å²) in [5.41, 5.74) is 0.546. The van der Waals surface area contributed by atoms with E-state index in [1.165, 1.54) is 6.92 Å². The Bertz CT molecular complexity index is 344. The van der Waals surface area contributed by atoms with Crippen LogP contribution in [0.5, 0.6) is 5.75 Å². The Kier molecular flexibility index (Phi) is 3.86. The molecule has 0 aliphatic carbocycles. The lowest BCUT2D eigenvalue weighted by Gasteiger charge is -2.18. The van der Waals surface area contributed by atoms with Gasteiger partial charge in [-0.05, 0) is 32.9 Å². The lowest BCUT2D eigenvalue weighted by Crippen LogP contribution is -2.26. The number of ether oxygens (including phenoxy) is 1. The van der Waals surface area contributed by atoms with E-state index >= 15 is 0 Å². The fraction of sp³-hybridized carbons (Fsp3) is 0.417. The molecule has 3 heteroatoms. The van der Waals surface area contributed by atoms with Crippen molar-refractivity contribution in [2.45, 2.75) is 33.0 Å². The van der Waals surface area contributed by atoms with Gasteiger partial charge >= 0.3 is 0 Å². The number of aliphatic hydroxyl groups excluding tert-OH is 1. The molecule has 1 rings (SSSR count). The van der Waals surface area contributed by atoms with E-state index in [0.717, 1.165) is 0 Å². The zero-order valence-corrected chi connectivity index (χ0v) is 9.23. The number of aliphatic hydroxyl groups is 1. The first kappa shape index (κ1) is 11.7. The summed E-state index contributed by atoms with van der Waals surface area (Å²) in [5, 5.41) is 9.30. The van der Waals surface area contributed by atoms with Crippen LogP contribution in [0.15, 0.2) is 24.3 Å². The lowest BCUT2D eigenvalue weighted by atomic mass is 10.1. The first-order chi connectivity index (χ1) is 7.02. The number of Topliss-reactive ketones (excluding diaryl/α,β-unsaturated/α-hetero) is 1. The van der Waals surface area contributed by atoms with E-state index < -0.39 is 6.10 Å². The molecule has 0 heterocycles. The molecular formula is C12H16O3. The molecule has 0 fully saturated rings. The third kappa shape index (κ3) is 3.06. The highest BCUT2D eigenvalue weighted by molar-refractivity contribution is 5.96. The van der Waals surface area contributed by atoms with Gasteiger partial charge in [-0.25, -0.2) is 0 Å². The lowest BCUT2D eigenvalue weighted by molar-refractivity contribution is 0.0594. The van der Waals surface area contributed by atoms with Crippen LogP contribution in [0.1, 0.15) is 31.1 Å². The first-order valence-corrected chi connectivity index (χ1v) is 4.97. The predicted octanol–water partition coefficient (Wildman–Crippen LogP) is 2.04. The zero-order valence-electron chi connectivity index (χ0n) is 9.23. The molecule has 3 nitrogen and oxygen atoms in total. The van der Waals surface area contributed by atoms with Gasteiger partial charge in [0, 0.05) is 0 Å². The molecule has 0 radical (unpaired) electrons. The van der Waals surface area contributed by atoms with Crippen molar-refractivity contribution in [3.63, 3.8) is 0 Å². The summed E-state index contributed by atoms with van der Waals surface area (Å²) >= 11 is 0. The van der Waals surface area contributed by atoms with E-state index in [2.05, 4.69) is 0 Å². The number of hydrogen-bond donors (Lipinski definition) is 1. The Morgan fingerprint density at radius 1 is 1.33 bits per heavy atom. The van der Waals surface area contributed by atoms with Gasteiger partial charge in [-0.15, -0.1) is 0 Å². The number of hydrogen-bond acceptors (Lipinski definition) is 3. The van der Waals surface area contributed by atoms with Crippen molar-refractivity contribution < 1.29 is 14.6 Å². The second kappa shape index (κ2) is 4.94. The summed E-state index contributed by atoms with van der Waals surface area (Å²) in [5.74, 6) is 0.488. The van der Waals surface area contributed by atoms with Crippen molar-refractivity contribution in [1.82, 2.24) is 0 Å². The largest absolute Gasteiger partial charge is 0.487 e. The van der Waals surface area contributed by atoms with Gasteiger partial charge in [0.25, 0.3) is 0 Å². The van der Waals surface area contributed by atoms with Gasteiger partial charge in [-0.2, -0.15) is 0 Å². The van der Waals surface area contributed by atoms with Crippen molar-refractivity contribution in [3.8, 4) is 5.75 Å². The summed E-state index contributed by atoms with van der Waals surface area (Å²) in [6.45, 7) is 4.91. The molecule has 2 atom stereocenters. The average molecular weight is 208 g/mol. The van der Waals surface area contributed by atoms with Crippen molar-refractivity contribution in [3.05, 3.63) is 29.8 Å². The van der Waals surface area contributed by atoms with Gasteiger partial charge in [0.05, 0.1) is 11.7 Å². The van der Waals surface area contributed by atoms with E-state index in [0.29, 0.717) is 11.3 Å². The van der Waals surface area contributed by atoms with Crippen LogP contribution in [0, 0.1) is 0 Å². The molecule has 0 bridgehead atoms. The number of ketones is 1. The van der Waals surface area contributed by atoms with Crippen LogP contribution in [0.25, 0.3) is 0 Å². The molecular weight excluding hydrogens is 192 g/mol. The molecule has 82 valence electrons. The summed E-state index contributed by atoms with van der Waals surface area (Å²) in [6, 6.07) is 7.04. The fourth-order valence-corrected chi connectivity index (χ4v) is 1.16. The minimum atomic E-state index is -0.565. The van der Waals surface area contributed by atoms with Crippen LogP contribution in [0.3, 0.4) is 0 Å². The van der Waals surface area contributed by atoms with Gasteiger partial charge in [0.15, 0.2) is 5.78 Å². The highest BCUT2D eigenvalue weighted by Gasteiger charge is 2.14.